The van der Waals surface area contributed by atoms with Crippen molar-refractivity contribution in [1.82, 2.24) is 19.9 Å². The molecule has 1 aliphatic heterocycles. The second-order valence-corrected chi connectivity index (χ2v) is 5.09. The zero-order chi connectivity index (χ0) is 13.7. The number of likely N-dealkylation sites (tertiary alicyclic amines) is 1. The molecule has 1 aliphatic rings. The number of aromatic nitrogens is 3. The number of piperidine rings is 1. The smallest absolute Gasteiger partial charge is 0.244 e. The largest absolute Gasteiger partial charge is 0.338 e. The number of hydrogen-bond acceptors (Lipinski definition) is 4. The van der Waals surface area contributed by atoms with Crippen molar-refractivity contribution in [3.05, 3.63) is 11.9 Å². The van der Waals surface area contributed by atoms with E-state index in [2.05, 4.69) is 17.2 Å². The Morgan fingerprint density at radius 2 is 2.37 bits per heavy atom. The maximum atomic E-state index is 12.3. The number of carbonyl (C=O) groups excluding carboxylic acids is 1. The molecule has 0 aliphatic carbocycles. The van der Waals surface area contributed by atoms with E-state index in [0.717, 1.165) is 31.5 Å². The lowest BCUT2D eigenvalue weighted by molar-refractivity contribution is -0.135. The van der Waals surface area contributed by atoms with Gasteiger partial charge in [-0.3, -0.25) is 4.79 Å². The summed E-state index contributed by atoms with van der Waals surface area (Å²) in [5.74, 6) is 0.149. The molecule has 2 heterocycles. The molecular weight excluding hydrogens is 242 g/mol. The lowest BCUT2D eigenvalue weighted by Gasteiger charge is -2.35. The van der Waals surface area contributed by atoms with Gasteiger partial charge >= 0.3 is 0 Å². The van der Waals surface area contributed by atoms with E-state index in [1.54, 1.807) is 4.68 Å². The highest BCUT2D eigenvalue weighted by Gasteiger charge is 2.25. The predicted octanol–water partition coefficient (Wildman–Crippen LogP) is 0.570. The molecule has 106 valence electrons. The molecule has 1 aromatic rings. The van der Waals surface area contributed by atoms with E-state index < -0.39 is 0 Å². The number of hydrogen-bond donors (Lipinski definition) is 1. The Bertz CT molecular complexity index is 417. The van der Waals surface area contributed by atoms with Crippen LogP contribution in [0.25, 0.3) is 0 Å². The highest BCUT2D eigenvalue weighted by Crippen LogP contribution is 2.19. The number of rotatable bonds is 5. The van der Waals surface area contributed by atoms with Gasteiger partial charge in [0.25, 0.3) is 0 Å². The summed E-state index contributed by atoms with van der Waals surface area (Å²) in [7, 11) is 0. The van der Waals surface area contributed by atoms with E-state index in [4.69, 9.17) is 5.73 Å². The first-order chi connectivity index (χ1) is 9.24. The van der Waals surface area contributed by atoms with Crippen LogP contribution in [0.4, 0.5) is 0 Å². The molecule has 2 rings (SSSR count). The van der Waals surface area contributed by atoms with Gasteiger partial charge < -0.3 is 10.6 Å². The molecule has 1 amide bonds. The first-order valence-electron chi connectivity index (χ1n) is 7.13. The van der Waals surface area contributed by atoms with Crippen molar-refractivity contribution in [3.8, 4) is 0 Å². The van der Waals surface area contributed by atoms with Crippen molar-refractivity contribution in [1.29, 1.82) is 0 Å². The third kappa shape index (κ3) is 3.53. The van der Waals surface area contributed by atoms with Gasteiger partial charge in [0.2, 0.25) is 5.91 Å². The molecule has 0 spiro atoms. The molecule has 0 bridgehead atoms. The third-order valence-corrected chi connectivity index (χ3v) is 3.70. The SMILES string of the molecule is CCC1CCCCN1C(=O)Cn1cc(CCN)nn1. The van der Waals surface area contributed by atoms with Crippen LogP contribution in [0.15, 0.2) is 6.20 Å². The second-order valence-electron chi connectivity index (χ2n) is 5.09. The molecule has 6 nitrogen and oxygen atoms in total. The van der Waals surface area contributed by atoms with E-state index in [0.29, 0.717) is 19.0 Å². The van der Waals surface area contributed by atoms with E-state index in [-0.39, 0.29) is 12.5 Å². The average molecular weight is 265 g/mol. The Hall–Kier alpha value is -1.43. The van der Waals surface area contributed by atoms with Crippen molar-refractivity contribution < 1.29 is 4.79 Å². The molecule has 0 radical (unpaired) electrons. The van der Waals surface area contributed by atoms with Gasteiger partial charge in [-0.1, -0.05) is 12.1 Å². The minimum absolute atomic E-state index is 0.149. The van der Waals surface area contributed by atoms with Gasteiger partial charge in [0.15, 0.2) is 0 Å². The first-order valence-corrected chi connectivity index (χ1v) is 7.13. The Kier molecular flexibility index (Phi) is 4.90. The van der Waals surface area contributed by atoms with Crippen molar-refractivity contribution >= 4 is 5.91 Å². The molecule has 2 N–H and O–H groups in total. The Morgan fingerprint density at radius 1 is 1.53 bits per heavy atom. The van der Waals surface area contributed by atoms with Gasteiger partial charge in [-0.15, -0.1) is 5.10 Å². The maximum Gasteiger partial charge on any atom is 0.244 e. The average Bonchev–Trinajstić information content (AvgIpc) is 2.86. The monoisotopic (exact) mass is 265 g/mol. The standard InChI is InChI=1S/C13H23N5O/c1-2-12-5-3-4-8-18(12)13(19)10-17-9-11(6-7-14)15-16-17/h9,12H,2-8,10,14H2,1H3. The first kappa shape index (κ1) is 14.0. The summed E-state index contributed by atoms with van der Waals surface area (Å²) in [5.41, 5.74) is 6.32. The molecule has 6 heteroatoms. The highest BCUT2D eigenvalue weighted by molar-refractivity contribution is 5.76. The lowest BCUT2D eigenvalue weighted by Crippen LogP contribution is -2.44. The molecule has 19 heavy (non-hydrogen) atoms. The lowest BCUT2D eigenvalue weighted by atomic mass is 10.00. The zero-order valence-electron chi connectivity index (χ0n) is 11.6. The van der Waals surface area contributed by atoms with Gasteiger partial charge in [0.1, 0.15) is 6.54 Å². The molecule has 1 saturated heterocycles. The minimum Gasteiger partial charge on any atom is -0.338 e. The van der Waals surface area contributed by atoms with Crippen molar-refractivity contribution in [2.75, 3.05) is 13.1 Å². The topological polar surface area (TPSA) is 77.0 Å². The van der Waals surface area contributed by atoms with Gasteiger partial charge in [-0.25, -0.2) is 4.68 Å². The van der Waals surface area contributed by atoms with Crippen LogP contribution in [0.3, 0.4) is 0 Å². The van der Waals surface area contributed by atoms with E-state index in [1.165, 1.54) is 6.42 Å². The van der Waals surface area contributed by atoms with E-state index >= 15 is 0 Å². The van der Waals surface area contributed by atoms with Crippen LogP contribution in [0.5, 0.6) is 0 Å². The number of nitrogens with zero attached hydrogens (tertiary/aromatic N) is 4. The molecule has 1 unspecified atom stereocenters. The summed E-state index contributed by atoms with van der Waals surface area (Å²) in [4.78, 5) is 14.3. The molecule has 0 aromatic carbocycles. The summed E-state index contributed by atoms with van der Waals surface area (Å²) < 4.78 is 1.62. The van der Waals surface area contributed by atoms with Crippen LogP contribution >= 0.6 is 0 Å². The molecular formula is C13H23N5O. The minimum atomic E-state index is 0.149. The summed E-state index contributed by atoms with van der Waals surface area (Å²) in [6, 6.07) is 0.397. The Labute approximate surface area is 113 Å². The van der Waals surface area contributed by atoms with Gasteiger partial charge in [0, 0.05) is 25.2 Å². The predicted molar refractivity (Wildman–Crippen MR) is 72.4 cm³/mol. The van der Waals surface area contributed by atoms with Gasteiger partial charge in [0.05, 0.1) is 5.69 Å². The quantitative estimate of drug-likeness (QED) is 0.844. The van der Waals surface area contributed by atoms with Gasteiger partial charge in [-0.2, -0.15) is 0 Å². The summed E-state index contributed by atoms with van der Waals surface area (Å²) in [6.07, 6.45) is 7.01. The summed E-state index contributed by atoms with van der Waals surface area (Å²) >= 11 is 0. The van der Waals surface area contributed by atoms with Gasteiger partial charge in [-0.05, 0) is 32.2 Å². The van der Waals surface area contributed by atoms with Crippen molar-refractivity contribution in [2.24, 2.45) is 5.73 Å². The normalized spacial score (nSPS) is 19.7. The van der Waals surface area contributed by atoms with Crippen molar-refractivity contribution in [2.45, 2.75) is 51.6 Å². The second kappa shape index (κ2) is 6.65. The number of carbonyl (C=O) groups is 1. The fraction of sp³-hybridized carbons (Fsp3) is 0.769. The Morgan fingerprint density at radius 3 is 3.11 bits per heavy atom. The fourth-order valence-corrected chi connectivity index (χ4v) is 2.66. The maximum absolute atomic E-state index is 12.3. The number of nitrogens with two attached hydrogens (primary N) is 1. The van der Waals surface area contributed by atoms with E-state index in [9.17, 15) is 4.79 Å². The summed E-state index contributed by atoms with van der Waals surface area (Å²) in [6.45, 7) is 3.86. The molecule has 1 aromatic heterocycles. The van der Waals surface area contributed by atoms with Crippen LogP contribution in [0.1, 0.15) is 38.3 Å². The molecule has 1 atom stereocenters. The Balaban J connectivity index is 1.95. The van der Waals surface area contributed by atoms with Crippen LogP contribution in [-0.4, -0.2) is 44.9 Å². The third-order valence-electron chi connectivity index (χ3n) is 3.70. The van der Waals surface area contributed by atoms with Crippen LogP contribution in [0, 0.1) is 0 Å². The van der Waals surface area contributed by atoms with Crippen LogP contribution in [-0.2, 0) is 17.8 Å². The fourth-order valence-electron chi connectivity index (χ4n) is 2.66. The van der Waals surface area contributed by atoms with E-state index in [1.807, 2.05) is 11.1 Å². The van der Waals surface area contributed by atoms with Crippen LogP contribution in [0.2, 0.25) is 0 Å². The van der Waals surface area contributed by atoms with Crippen molar-refractivity contribution in [3.63, 3.8) is 0 Å². The molecule has 0 saturated carbocycles. The highest BCUT2D eigenvalue weighted by atomic mass is 16.2. The zero-order valence-corrected chi connectivity index (χ0v) is 11.6. The summed E-state index contributed by atoms with van der Waals surface area (Å²) in [5, 5.41) is 7.99. The van der Waals surface area contributed by atoms with Crippen LogP contribution < -0.4 is 5.73 Å². The number of amides is 1. The molecule has 1 fully saturated rings.